The van der Waals surface area contributed by atoms with Gasteiger partial charge in [-0.1, -0.05) is 50.6 Å². The fourth-order valence-corrected chi connectivity index (χ4v) is 2.57. The standard InChI is InChI=1S/C20H24O2/c1-4-8-15(2)20(21)19-12-11-18(13-16(19)3)22-14-17-9-6-5-7-10-17/h5-7,9-13,15H,4,8,14H2,1-3H3. The lowest BCUT2D eigenvalue weighted by Gasteiger charge is -2.13. The molecule has 0 N–H and O–H groups in total. The fraction of sp³-hybridized carbons (Fsp3) is 0.350. The molecular formula is C20H24O2. The molecule has 0 aliphatic carbocycles. The monoisotopic (exact) mass is 296 g/mol. The second kappa shape index (κ2) is 7.79. The van der Waals surface area contributed by atoms with Crippen LogP contribution in [-0.2, 0) is 6.61 Å². The van der Waals surface area contributed by atoms with Gasteiger partial charge in [0, 0.05) is 11.5 Å². The zero-order valence-electron chi connectivity index (χ0n) is 13.6. The zero-order chi connectivity index (χ0) is 15.9. The minimum absolute atomic E-state index is 0.0831. The van der Waals surface area contributed by atoms with Crippen LogP contribution in [0.3, 0.4) is 0 Å². The summed E-state index contributed by atoms with van der Waals surface area (Å²) in [6.07, 6.45) is 1.97. The van der Waals surface area contributed by atoms with Crippen molar-refractivity contribution in [3.8, 4) is 5.75 Å². The van der Waals surface area contributed by atoms with E-state index < -0.39 is 0 Å². The molecule has 1 atom stereocenters. The summed E-state index contributed by atoms with van der Waals surface area (Å²) in [6, 6.07) is 15.8. The molecule has 0 radical (unpaired) electrons. The second-order valence-electron chi connectivity index (χ2n) is 5.80. The van der Waals surface area contributed by atoms with E-state index in [1.165, 1.54) is 0 Å². The highest BCUT2D eigenvalue weighted by Crippen LogP contribution is 2.22. The molecule has 1 unspecified atom stereocenters. The van der Waals surface area contributed by atoms with Crippen LogP contribution in [0.25, 0.3) is 0 Å². The normalized spacial score (nSPS) is 12.0. The molecule has 0 fully saturated rings. The molecule has 0 bridgehead atoms. The van der Waals surface area contributed by atoms with Crippen LogP contribution in [0.15, 0.2) is 48.5 Å². The van der Waals surface area contributed by atoms with Crippen LogP contribution >= 0.6 is 0 Å². The van der Waals surface area contributed by atoms with Gasteiger partial charge in [0.25, 0.3) is 0 Å². The lowest BCUT2D eigenvalue weighted by atomic mass is 9.93. The maximum atomic E-state index is 12.4. The average molecular weight is 296 g/mol. The van der Waals surface area contributed by atoms with Gasteiger partial charge < -0.3 is 4.74 Å². The zero-order valence-corrected chi connectivity index (χ0v) is 13.6. The summed E-state index contributed by atoms with van der Waals surface area (Å²) in [6.45, 7) is 6.63. The van der Waals surface area contributed by atoms with Gasteiger partial charge in [0.2, 0.25) is 0 Å². The Kier molecular flexibility index (Phi) is 5.76. The first-order chi connectivity index (χ1) is 10.6. The number of Topliss-reactive ketones (excluding diaryl/α,β-unsaturated/α-hetero) is 1. The van der Waals surface area contributed by atoms with Crippen molar-refractivity contribution in [3.05, 3.63) is 65.2 Å². The van der Waals surface area contributed by atoms with Gasteiger partial charge in [-0.25, -0.2) is 0 Å². The number of hydrogen-bond acceptors (Lipinski definition) is 2. The summed E-state index contributed by atoms with van der Waals surface area (Å²) in [4.78, 5) is 12.4. The van der Waals surface area contributed by atoms with Crippen molar-refractivity contribution >= 4 is 5.78 Å². The number of carbonyl (C=O) groups excluding carboxylic acids is 1. The average Bonchev–Trinajstić information content (AvgIpc) is 2.53. The molecule has 2 aromatic carbocycles. The van der Waals surface area contributed by atoms with E-state index in [0.717, 1.165) is 35.3 Å². The van der Waals surface area contributed by atoms with E-state index in [-0.39, 0.29) is 11.7 Å². The van der Waals surface area contributed by atoms with Crippen LogP contribution in [0.4, 0.5) is 0 Å². The number of ether oxygens (including phenoxy) is 1. The lowest BCUT2D eigenvalue weighted by Crippen LogP contribution is -2.12. The molecule has 2 heteroatoms. The van der Waals surface area contributed by atoms with Crippen molar-refractivity contribution in [2.45, 2.75) is 40.2 Å². The van der Waals surface area contributed by atoms with Gasteiger partial charge >= 0.3 is 0 Å². The van der Waals surface area contributed by atoms with E-state index in [9.17, 15) is 4.79 Å². The quantitative estimate of drug-likeness (QED) is 0.657. The number of ketones is 1. The van der Waals surface area contributed by atoms with E-state index in [0.29, 0.717) is 6.61 Å². The number of hydrogen-bond donors (Lipinski definition) is 0. The Balaban J connectivity index is 2.04. The van der Waals surface area contributed by atoms with Gasteiger partial charge in [-0.2, -0.15) is 0 Å². The fourth-order valence-electron chi connectivity index (χ4n) is 2.57. The van der Waals surface area contributed by atoms with Gasteiger partial charge in [-0.15, -0.1) is 0 Å². The summed E-state index contributed by atoms with van der Waals surface area (Å²) >= 11 is 0. The molecule has 0 spiro atoms. The molecule has 2 rings (SSSR count). The van der Waals surface area contributed by atoms with E-state index in [4.69, 9.17) is 4.74 Å². The second-order valence-corrected chi connectivity index (χ2v) is 5.80. The predicted molar refractivity (Wildman–Crippen MR) is 90.4 cm³/mol. The number of benzene rings is 2. The third-order valence-corrected chi connectivity index (χ3v) is 3.88. The number of aryl methyl sites for hydroxylation is 1. The molecule has 0 saturated carbocycles. The first-order valence-corrected chi connectivity index (χ1v) is 7.93. The molecule has 2 nitrogen and oxygen atoms in total. The summed E-state index contributed by atoms with van der Waals surface area (Å²) in [5, 5.41) is 0. The van der Waals surface area contributed by atoms with Gasteiger partial charge in [-0.3, -0.25) is 4.79 Å². The highest BCUT2D eigenvalue weighted by Gasteiger charge is 2.16. The summed E-state index contributed by atoms with van der Waals surface area (Å²) < 4.78 is 5.80. The van der Waals surface area contributed by atoms with Crippen LogP contribution in [-0.4, -0.2) is 5.78 Å². The van der Waals surface area contributed by atoms with E-state index in [2.05, 4.69) is 6.92 Å². The van der Waals surface area contributed by atoms with Crippen molar-refractivity contribution in [3.63, 3.8) is 0 Å². The molecule has 0 aliphatic heterocycles. The Bertz CT molecular complexity index is 617. The highest BCUT2D eigenvalue weighted by molar-refractivity contribution is 5.99. The Labute approximate surface area is 133 Å². The van der Waals surface area contributed by atoms with Crippen molar-refractivity contribution in [2.75, 3.05) is 0 Å². The summed E-state index contributed by atoms with van der Waals surface area (Å²) in [5.74, 6) is 1.12. The maximum Gasteiger partial charge on any atom is 0.165 e. The van der Waals surface area contributed by atoms with E-state index >= 15 is 0 Å². The molecule has 116 valence electrons. The minimum atomic E-state index is 0.0831. The molecule has 0 aromatic heterocycles. The van der Waals surface area contributed by atoms with Gasteiger partial charge in [-0.05, 0) is 42.7 Å². The molecule has 2 aromatic rings. The topological polar surface area (TPSA) is 26.3 Å². The van der Waals surface area contributed by atoms with Crippen LogP contribution in [0.2, 0.25) is 0 Å². The molecule has 22 heavy (non-hydrogen) atoms. The third-order valence-electron chi connectivity index (χ3n) is 3.88. The maximum absolute atomic E-state index is 12.4. The van der Waals surface area contributed by atoms with Crippen molar-refractivity contribution in [1.82, 2.24) is 0 Å². The summed E-state index contributed by atoms with van der Waals surface area (Å²) in [7, 11) is 0. The minimum Gasteiger partial charge on any atom is -0.489 e. The van der Waals surface area contributed by atoms with Crippen LogP contribution in [0, 0.1) is 12.8 Å². The van der Waals surface area contributed by atoms with Crippen molar-refractivity contribution in [1.29, 1.82) is 0 Å². The SMILES string of the molecule is CCCC(C)C(=O)c1ccc(OCc2ccccc2)cc1C. The molecule has 0 aliphatic rings. The Hall–Kier alpha value is -2.09. The van der Waals surface area contributed by atoms with E-state index in [1.807, 2.05) is 62.4 Å². The Morgan fingerprint density at radius 3 is 2.50 bits per heavy atom. The van der Waals surface area contributed by atoms with E-state index in [1.54, 1.807) is 0 Å². The van der Waals surface area contributed by atoms with Crippen LogP contribution in [0.5, 0.6) is 5.75 Å². The molecule has 0 amide bonds. The molecule has 0 saturated heterocycles. The predicted octanol–water partition coefficient (Wildman–Crippen LogP) is 5.19. The highest BCUT2D eigenvalue weighted by atomic mass is 16.5. The number of rotatable bonds is 7. The van der Waals surface area contributed by atoms with Crippen molar-refractivity contribution in [2.24, 2.45) is 5.92 Å². The molecule has 0 heterocycles. The first kappa shape index (κ1) is 16.3. The lowest BCUT2D eigenvalue weighted by molar-refractivity contribution is 0.0923. The van der Waals surface area contributed by atoms with Gasteiger partial charge in [0.05, 0.1) is 0 Å². The third kappa shape index (κ3) is 4.20. The number of carbonyl (C=O) groups is 1. The first-order valence-electron chi connectivity index (χ1n) is 7.93. The van der Waals surface area contributed by atoms with Gasteiger partial charge in [0.1, 0.15) is 12.4 Å². The molecular weight excluding hydrogens is 272 g/mol. The van der Waals surface area contributed by atoms with Crippen LogP contribution in [0.1, 0.15) is 48.2 Å². The van der Waals surface area contributed by atoms with Crippen molar-refractivity contribution < 1.29 is 9.53 Å². The van der Waals surface area contributed by atoms with Gasteiger partial charge in [0.15, 0.2) is 5.78 Å². The Morgan fingerprint density at radius 1 is 1.14 bits per heavy atom. The Morgan fingerprint density at radius 2 is 1.86 bits per heavy atom. The largest absolute Gasteiger partial charge is 0.489 e. The smallest absolute Gasteiger partial charge is 0.165 e. The summed E-state index contributed by atoms with van der Waals surface area (Å²) in [5.41, 5.74) is 2.93. The van der Waals surface area contributed by atoms with Crippen LogP contribution < -0.4 is 4.74 Å².